The molecule has 1 aliphatic heterocycles. The lowest BCUT2D eigenvalue weighted by atomic mass is 10.1. The highest BCUT2D eigenvalue weighted by atomic mass is 16.6. The summed E-state index contributed by atoms with van der Waals surface area (Å²) in [6.07, 6.45) is 0. The molecule has 10 nitrogen and oxygen atoms in total. The van der Waals surface area contributed by atoms with E-state index < -0.39 is 22.7 Å². The molecule has 0 unspecified atom stereocenters. The maximum atomic E-state index is 12.5. The van der Waals surface area contributed by atoms with Crippen LogP contribution in [0.1, 0.15) is 31.1 Å². The number of methoxy groups -OCH3 is 1. The monoisotopic (exact) mass is 413 g/mol. The molecule has 1 heterocycles. The minimum Gasteiger partial charge on any atom is -0.460 e. The Labute approximate surface area is 171 Å². The summed E-state index contributed by atoms with van der Waals surface area (Å²) in [7, 11) is 1.52. The minimum absolute atomic E-state index is 0.0253. The molecule has 10 heteroatoms. The number of anilines is 1. The van der Waals surface area contributed by atoms with Crippen molar-refractivity contribution in [2.24, 2.45) is 0 Å². The first-order valence-corrected chi connectivity index (χ1v) is 9.07. The van der Waals surface area contributed by atoms with E-state index in [1.807, 2.05) is 0 Å². The number of rotatable bonds is 9. The van der Waals surface area contributed by atoms with E-state index in [4.69, 9.17) is 9.47 Å². The smallest absolute Gasteiger partial charge is 0.340 e. The second-order valence-electron chi connectivity index (χ2n) is 6.35. The minimum atomic E-state index is -0.810. The lowest BCUT2D eigenvalue weighted by Crippen LogP contribution is -2.33. The van der Waals surface area contributed by atoms with Gasteiger partial charge in [0.1, 0.15) is 6.61 Å². The number of ether oxygens (including phenoxy) is 2. The number of benzene rings is 2. The number of hydrogen-bond donors (Lipinski definition) is 1. The van der Waals surface area contributed by atoms with Gasteiger partial charge in [-0.2, -0.15) is 0 Å². The van der Waals surface area contributed by atoms with Crippen molar-refractivity contribution in [1.82, 2.24) is 4.90 Å². The number of carbonyl (C=O) groups excluding carboxylic acids is 3. The van der Waals surface area contributed by atoms with Gasteiger partial charge in [-0.05, 0) is 18.2 Å². The van der Waals surface area contributed by atoms with Crippen LogP contribution >= 0.6 is 0 Å². The van der Waals surface area contributed by atoms with Crippen molar-refractivity contribution in [3.63, 3.8) is 0 Å². The maximum Gasteiger partial charge on any atom is 0.340 e. The summed E-state index contributed by atoms with van der Waals surface area (Å²) in [5.74, 6) is -1.72. The molecule has 0 spiro atoms. The van der Waals surface area contributed by atoms with E-state index in [1.165, 1.54) is 19.2 Å². The van der Waals surface area contributed by atoms with Crippen LogP contribution in [-0.4, -0.2) is 61.0 Å². The Kier molecular flexibility index (Phi) is 6.38. The third-order valence-electron chi connectivity index (χ3n) is 4.48. The number of fused-ring (bicyclic) bond motifs is 1. The summed E-state index contributed by atoms with van der Waals surface area (Å²) >= 11 is 0. The summed E-state index contributed by atoms with van der Waals surface area (Å²) < 4.78 is 10.1. The predicted octanol–water partition coefficient (Wildman–Crippen LogP) is 2.11. The third-order valence-corrected chi connectivity index (χ3v) is 4.48. The van der Waals surface area contributed by atoms with E-state index in [0.717, 1.165) is 11.0 Å². The lowest BCUT2D eigenvalue weighted by Gasteiger charge is -2.15. The zero-order valence-electron chi connectivity index (χ0n) is 16.1. The number of carbonyl (C=O) groups is 3. The van der Waals surface area contributed by atoms with Crippen LogP contribution in [-0.2, 0) is 9.47 Å². The third kappa shape index (κ3) is 4.28. The molecule has 0 bridgehead atoms. The molecule has 30 heavy (non-hydrogen) atoms. The molecule has 0 radical (unpaired) electrons. The van der Waals surface area contributed by atoms with Gasteiger partial charge in [-0.15, -0.1) is 0 Å². The van der Waals surface area contributed by atoms with E-state index in [9.17, 15) is 24.5 Å². The van der Waals surface area contributed by atoms with Gasteiger partial charge in [0, 0.05) is 31.5 Å². The van der Waals surface area contributed by atoms with E-state index in [-0.39, 0.29) is 24.4 Å². The topological polar surface area (TPSA) is 128 Å². The first kappa shape index (κ1) is 20.9. The van der Waals surface area contributed by atoms with Gasteiger partial charge in [0.15, 0.2) is 0 Å². The summed E-state index contributed by atoms with van der Waals surface area (Å²) in [5.41, 5.74) is 0.667. The van der Waals surface area contributed by atoms with Gasteiger partial charge in [0.25, 0.3) is 17.5 Å². The van der Waals surface area contributed by atoms with Gasteiger partial charge in [-0.3, -0.25) is 24.6 Å². The standard InChI is InChI=1S/C20H19N3O7/c1-29-10-8-21-17-7-6-13(23(27)28)12-16(17)20(26)30-11-9-22-18(24)14-4-2-3-5-15(14)19(22)25/h2-7,12,21H,8-11H2,1H3. The molecule has 0 atom stereocenters. The summed E-state index contributed by atoms with van der Waals surface area (Å²) in [5, 5.41) is 14.0. The number of non-ortho nitro benzene ring substituents is 1. The highest BCUT2D eigenvalue weighted by Gasteiger charge is 2.35. The molecule has 0 saturated heterocycles. The highest BCUT2D eigenvalue weighted by Crippen LogP contribution is 2.24. The Hall–Kier alpha value is -3.79. The predicted molar refractivity (Wildman–Crippen MR) is 106 cm³/mol. The number of nitrogens with one attached hydrogen (secondary N) is 1. The summed E-state index contributed by atoms with van der Waals surface area (Å²) in [6, 6.07) is 10.2. The first-order chi connectivity index (χ1) is 14.4. The fraction of sp³-hybridized carbons (Fsp3) is 0.250. The number of nitrogens with zero attached hydrogens (tertiary/aromatic N) is 2. The first-order valence-electron chi connectivity index (χ1n) is 9.07. The van der Waals surface area contributed by atoms with Gasteiger partial charge < -0.3 is 14.8 Å². The van der Waals surface area contributed by atoms with Crippen molar-refractivity contribution in [2.45, 2.75) is 0 Å². The summed E-state index contributed by atoms with van der Waals surface area (Å²) in [4.78, 5) is 48.6. The number of hydrogen-bond acceptors (Lipinski definition) is 8. The van der Waals surface area contributed by atoms with E-state index in [0.29, 0.717) is 30.0 Å². The molecule has 2 aromatic carbocycles. The normalized spacial score (nSPS) is 12.6. The van der Waals surface area contributed by atoms with Gasteiger partial charge in [-0.25, -0.2) is 4.79 Å². The van der Waals surface area contributed by atoms with Crippen molar-refractivity contribution >= 4 is 29.2 Å². The van der Waals surface area contributed by atoms with E-state index >= 15 is 0 Å². The Balaban J connectivity index is 1.67. The molecule has 1 aliphatic rings. The molecule has 0 aliphatic carbocycles. The molecular formula is C20H19N3O7. The van der Waals surface area contributed by atoms with Crippen molar-refractivity contribution in [3.05, 3.63) is 69.3 Å². The number of nitro groups is 1. The molecule has 0 fully saturated rings. The van der Waals surface area contributed by atoms with Crippen LogP contribution in [0.15, 0.2) is 42.5 Å². The van der Waals surface area contributed by atoms with Crippen LogP contribution in [0.4, 0.5) is 11.4 Å². The van der Waals surface area contributed by atoms with Gasteiger partial charge >= 0.3 is 5.97 Å². The van der Waals surface area contributed by atoms with Gasteiger partial charge in [0.05, 0.1) is 34.8 Å². The quantitative estimate of drug-likeness (QED) is 0.218. The molecule has 156 valence electrons. The SMILES string of the molecule is COCCNc1ccc([N+](=O)[O-])cc1C(=O)OCCN1C(=O)c2ccccc2C1=O. The number of imide groups is 1. The average molecular weight is 413 g/mol. The second-order valence-corrected chi connectivity index (χ2v) is 6.35. The van der Waals surface area contributed by atoms with Gasteiger partial charge in [0.2, 0.25) is 0 Å². The largest absolute Gasteiger partial charge is 0.460 e. The van der Waals surface area contributed by atoms with E-state index in [2.05, 4.69) is 5.32 Å². The van der Waals surface area contributed by atoms with Crippen LogP contribution in [0, 0.1) is 10.1 Å². The van der Waals surface area contributed by atoms with Crippen LogP contribution < -0.4 is 5.32 Å². The Bertz CT molecular complexity index is 971. The van der Waals surface area contributed by atoms with Crippen LogP contribution in [0.2, 0.25) is 0 Å². The van der Waals surface area contributed by atoms with Crippen LogP contribution in [0.25, 0.3) is 0 Å². The van der Waals surface area contributed by atoms with E-state index in [1.54, 1.807) is 24.3 Å². The molecule has 1 N–H and O–H groups in total. The fourth-order valence-electron chi connectivity index (χ4n) is 3.01. The Morgan fingerprint density at radius 2 is 1.77 bits per heavy atom. The molecule has 0 saturated carbocycles. The van der Waals surface area contributed by atoms with Crippen LogP contribution in [0.5, 0.6) is 0 Å². The molecule has 0 aromatic heterocycles. The molecule has 3 rings (SSSR count). The molecular weight excluding hydrogens is 394 g/mol. The number of amides is 2. The van der Waals surface area contributed by atoms with Gasteiger partial charge in [-0.1, -0.05) is 12.1 Å². The van der Waals surface area contributed by atoms with Crippen molar-refractivity contribution in [2.75, 3.05) is 38.7 Å². The fourth-order valence-corrected chi connectivity index (χ4v) is 3.01. The van der Waals surface area contributed by atoms with Crippen molar-refractivity contribution in [1.29, 1.82) is 0 Å². The highest BCUT2D eigenvalue weighted by molar-refractivity contribution is 6.21. The van der Waals surface area contributed by atoms with Crippen LogP contribution in [0.3, 0.4) is 0 Å². The zero-order chi connectivity index (χ0) is 21.7. The number of esters is 1. The lowest BCUT2D eigenvalue weighted by molar-refractivity contribution is -0.384. The van der Waals surface area contributed by atoms with Crippen molar-refractivity contribution < 1.29 is 28.8 Å². The molecule has 2 amide bonds. The second kappa shape index (κ2) is 9.14. The molecule has 2 aromatic rings. The Morgan fingerprint density at radius 1 is 1.10 bits per heavy atom. The summed E-state index contributed by atoms with van der Waals surface area (Å²) in [6.45, 7) is 0.374. The Morgan fingerprint density at radius 3 is 2.37 bits per heavy atom. The van der Waals surface area contributed by atoms with Crippen molar-refractivity contribution in [3.8, 4) is 0 Å². The zero-order valence-corrected chi connectivity index (χ0v) is 16.1. The average Bonchev–Trinajstić information content (AvgIpc) is 2.99. The number of nitro benzene ring substituents is 1. The maximum absolute atomic E-state index is 12.5.